The van der Waals surface area contributed by atoms with Gasteiger partial charge in [-0.2, -0.15) is 0 Å². The zero-order chi connectivity index (χ0) is 31.1. The Bertz CT molecular complexity index is 1260. The molecule has 1 aliphatic heterocycles. The van der Waals surface area contributed by atoms with E-state index in [1.54, 1.807) is 42.5 Å². The lowest BCUT2D eigenvalue weighted by atomic mass is 9.90. The minimum absolute atomic E-state index is 0.0614. The van der Waals surface area contributed by atoms with Gasteiger partial charge in [0.2, 0.25) is 0 Å². The molecule has 1 saturated heterocycles. The van der Waals surface area contributed by atoms with Crippen molar-refractivity contribution in [1.82, 2.24) is 0 Å². The van der Waals surface area contributed by atoms with Crippen LogP contribution in [0, 0.1) is 23.4 Å². The van der Waals surface area contributed by atoms with Gasteiger partial charge in [0.05, 0.1) is 12.7 Å². The summed E-state index contributed by atoms with van der Waals surface area (Å²) in [5, 5.41) is 0. The molecule has 0 aromatic heterocycles. The third-order valence-electron chi connectivity index (χ3n) is 9.42. The molecule has 0 radical (unpaired) electrons. The van der Waals surface area contributed by atoms with Crippen LogP contribution in [0.25, 0.3) is 22.3 Å². The van der Waals surface area contributed by atoms with Crippen LogP contribution in [0.15, 0.2) is 54.6 Å². The van der Waals surface area contributed by atoms with Gasteiger partial charge >= 0.3 is 0 Å². The van der Waals surface area contributed by atoms with Gasteiger partial charge in [-0.3, -0.25) is 0 Å². The molecule has 0 bridgehead atoms. The van der Waals surface area contributed by atoms with Crippen molar-refractivity contribution < 1.29 is 17.9 Å². The second-order valence-electron chi connectivity index (χ2n) is 12.9. The first kappa shape index (κ1) is 34.3. The zero-order valence-corrected chi connectivity index (χ0v) is 27.1. The summed E-state index contributed by atoms with van der Waals surface area (Å²) in [6.45, 7) is 5.21. The number of aryl methyl sites for hydroxylation is 1. The predicted molar refractivity (Wildman–Crippen MR) is 178 cm³/mol. The lowest BCUT2D eigenvalue weighted by molar-refractivity contribution is -0.0200. The van der Waals surface area contributed by atoms with Gasteiger partial charge in [0.15, 0.2) is 11.6 Å². The van der Waals surface area contributed by atoms with Gasteiger partial charge in [-0.05, 0) is 66.3 Å². The standard InChI is InChI=1S/C40H53F3O/c1-3-5-7-9-10-11-13-15-17-33-23-26-36(40(43)39(33)42)32-21-19-31(20-22-32)35-25-24-34(28-37(35)41)38-27-18-30(29-44-38)16-14-12-8-6-4-2/h19-26,28,30,38H,3-18,27,29H2,1-2H3. The smallest absolute Gasteiger partial charge is 0.166 e. The topological polar surface area (TPSA) is 9.23 Å². The van der Waals surface area contributed by atoms with Crippen LogP contribution in [0.4, 0.5) is 13.2 Å². The summed E-state index contributed by atoms with van der Waals surface area (Å²) < 4.78 is 51.5. The summed E-state index contributed by atoms with van der Waals surface area (Å²) in [7, 11) is 0. The molecular weight excluding hydrogens is 553 g/mol. The van der Waals surface area contributed by atoms with E-state index in [-0.39, 0.29) is 17.5 Å². The monoisotopic (exact) mass is 606 g/mol. The van der Waals surface area contributed by atoms with E-state index in [0.29, 0.717) is 34.6 Å². The van der Waals surface area contributed by atoms with E-state index in [1.165, 1.54) is 70.6 Å². The highest BCUT2D eigenvalue weighted by atomic mass is 19.2. The molecule has 0 amide bonds. The fraction of sp³-hybridized carbons (Fsp3) is 0.550. The lowest BCUT2D eigenvalue weighted by Crippen LogP contribution is -2.20. The molecule has 44 heavy (non-hydrogen) atoms. The maximum atomic E-state index is 15.3. The summed E-state index contributed by atoms with van der Waals surface area (Å²) in [6.07, 6.45) is 19.6. The van der Waals surface area contributed by atoms with E-state index in [9.17, 15) is 4.39 Å². The second-order valence-corrected chi connectivity index (χ2v) is 12.9. The average Bonchev–Trinajstić information content (AvgIpc) is 3.04. The van der Waals surface area contributed by atoms with Crippen molar-refractivity contribution in [2.75, 3.05) is 6.61 Å². The third kappa shape index (κ3) is 9.96. The van der Waals surface area contributed by atoms with Crippen LogP contribution >= 0.6 is 0 Å². The zero-order valence-electron chi connectivity index (χ0n) is 27.1. The fourth-order valence-electron chi connectivity index (χ4n) is 6.58. The summed E-state index contributed by atoms with van der Waals surface area (Å²) in [5.74, 6) is -1.24. The van der Waals surface area contributed by atoms with Crippen molar-refractivity contribution >= 4 is 0 Å². The van der Waals surface area contributed by atoms with Gasteiger partial charge in [-0.1, -0.05) is 139 Å². The Morgan fingerprint density at radius 3 is 1.82 bits per heavy atom. The van der Waals surface area contributed by atoms with Gasteiger partial charge in [0.1, 0.15) is 5.82 Å². The van der Waals surface area contributed by atoms with E-state index < -0.39 is 11.6 Å². The van der Waals surface area contributed by atoms with Crippen LogP contribution < -0.4 is 0 Å². The Balaban J connectivity index is 1.29. The van der Waals surface area contributed by atoms with Crippen molar-refractivity contribution in [1.29, 1.82) is 0 Å². The first-order valence-electron chi connectivity index (χ1n) is 17.5. The van der Waals surface area contributed by atoms with Crippen LogP contribution in [-0.2, 0) is 11.2 Å². The van der Waals surface area contributed by atoms with Gasteiger partial charge in [0.25, 0.3) is 0 Å². The van der Waals surface area contributed by atoms with Gasteiger partial charge in [-0.25, -0.2) is 13.2 Å². The third-order valence-corrected chi connectivity index (χ3v) is 9.42. The molecule has 0 aliphatic carbocycles. The van der Waals surface area contributed by atoms with Crippen LogP contribution in [0.1, 0.15) is 134 Å². The number of benzene rings is 3. The van der Waals surface area contributed by atoms with Gasteiger partial charge in [0, 0.05) is 11.1 Å². The first-order valence-corrected chi connectivity index (χ1v) is 17.5. The number of hydrogen-bond acceptors (Lipinski definition) is 1. The number of unbranched alkanes of at least 4 members (excludes halogenated alkanes) is 11. The van der Waals surface area contributed by atoms with Crippen molar-refractivity contribution in [3.05, 3.63) is 83.2 Å². The summed E-state index contributed by atoms with van der Waals surface area (Å²) in [4.78, 5) is 0. The van der Waals surface area contributed by atoms with Crippen molar-refractivity contribution in [2.24, 2.45) is 5.92 Å². The van der Waals surface area contributed by atoms with E-state index in [2.05, 4.69) is 13.8 Å². The van der Waals surface area contributed by atoms with E-state index >= 15 is 8.78 Å². The second kappa shape index (κ2) is 18.4. The molecule has 3 aromatic rings. The van der Waals surface area contributed by atoms with Crippen molar-refractivity contribution in [2.45, 2.75) is 129 Å². The largest absolute Gasteiger partial charge is 0.373 e. The van der Waals surface area contributed by atoms with Crippen molar-refractivity contribution in [3.63, 3.8) is 0 Å². The molecule has 1 heterocycles. The minimum Gasteiger partial charge on any atom is -0.373 e. The maximum absolute atomic E-state index is 15.3. The molecule has 4 heteroatoms. The molecule has 0 saturated carbocycles. The van der Waals surface area contributed by atoms with Crippen LogP contribution in [0.2, 0.25) is 0 Å². The van der Waals surface area contributed by atoms with Crippen LogP contribution in [-0.4, -0.2) is 6.61 Å². The maximum Gasteiger partial charge on any atom is 0.166 e. The molecule has 1 aliphatic rings. The number of hydrogen-bond donors (Lipinski definition) is 0. The van der Waals surface area contributed by atoms with Crippen LogP contribution in [0.5, 0.6) is 0 Å². The van der Waals surface area contributed by atoms with Crippen LogP contribution in [0.3, 0.4) is 0 Å². The Morgan fingerprint density at radius 1 is 0.614 bits per heavy atom. The molecule has 0 N–H and O–H groups in total. The lowest BCUT2D eigenvalue weighted by Gasteiger charge is -2.29. The Labute approximate surface area is 264 Å². The Kier molecular flexibility index (Phi) is 14.3. The average molecular weight is 607 g/mol. The molecule has 2 unspecified atom stereocenters. The molecule has 1 fully saturated rings. The SMILES string of the molecule is CCCCCCCCCCc1ccc(-c2ccc(-c3ccc(C4CCC(CCCCCCC)CO4)cc3F)cc2)c(F)c1F. The molecule has 1 nitrogen and oxygen atoms in total. The van der Waals surface area contributed by atoms with E-state index in [0.717, 1.165) is 44.3 Å². The molecular formula is C40H53F3O. The molecule has 2 atom stereocenters. The number of ether oxygens (including phenoxy) is 1. The summed E-state index contributed by atoms with van der Waals surface area (Å²) in [6, 6.07) is 15.8. The van der Waals surface area contributed by atoms with Gasteiger partial charge in [-0.15, -0.1) is 0 Å². The van der Waals surface area contributed by atoms with E-state index in [1.807, 2.05) is 12.1 Å². The highest BCUT2D eigenvalue weighted by Crippen LogP contribution is 2.35. The number of rotatable bonds is 18. The predicted octanol–water partition coefficient (Wildman–Crippen LogP) is 12.9. The molecule has 0 spiro atoms. The summed E-state index contributed by atoms with van der Waals surface area (Å²) >= 11 is 0. The van der Waals surface area contributed by atoms with Crippen molar-refractivity contribution in [3.8, 4) is 22.3 Å². The highest BCUT2D eigenvalue weighted by molar-refractivity contribution is 5.71. The molecule has 4 rings (SSSR count). The highest BCUT2D eigenvalue weighted by Gasteiger charge is 2.24. The molecule has 3 aromatic carbocycles. The minimum atomic E-state index is -0.809. The summed E-state index contributed by atoms with van der Waals surface area (Å²) in [5.41, 5.74) is 3.34. The first-order chi connectivity index (χ1) is 21.5. The van der Waals surface area contributed by atoms with E-state index in [4.69, 9.17) is 4.74 Å². The quantitative estimate of drug-likeness (QED) is 0.131. The number of halogens is 3. The Hall–Kier alpha value is -2.59. The fourth-order valence-corrected chi connectivity index (χ4v) is 6.58. The Morgan fingerprint density at radius 2 is 1.20 bits per heavy atom. The van der Waals surface area contributed by atoms with Gasteiger partial charge < -0.3 is 4.74 Å². The normalized spacial score (nSPS) is 16.8. The molecule has 240 valence electrons.